The topological polar surface area (TPSA) is 137 Å². The lowest BCUT2D eigenvalue weighted by atomic mass is 10.0. The fraction of sp³-hybridized carbons (Fsp3) is 0.476. The molecule has 0 aliphatic rings. The molecule has 0 fully saturated rings. The minimum absolute atomic E-state index is 0.102. The van der Waals surface area contributed by atoms with Crippen molar-refractivity contribution in [2.24, 2.45) is 11.7 Å². The maximum absolute atomic E-state index is 13.0. The second-order valence-corrected chi connectivity index (χ2v) is 8.56. The Labute approximate surface area is 180 Å². The molecule has 0 spiro atoms. The maximum atomic E-state index is 13.0. The molecule has 0 aliphatic carbocycles. The summed E-state index contributed by atoms with van der Waals surface area (Å²) in [4.78, 5) is 40.2. The highest BCUT2D eigenvalue weighted by molar-refractivity contribution is 7.98. The summed E-state index contributed by atoms with van der Waals surface area (Å²) in [6.45, 7) is 3.64. The van der Waals surface area contributed by atoms with Gasteiger partial charge < -0.3 is 26.5 Å². The molecule has 0 unspecified atom stereocenters. The maximum Gasteiger partial charge on any atom is 0.326 e. The highest BCUT2D eigenvalue weighted by Gasteiger charge is 2.29. The van der Waals surface area contributed by atoms with Gasteiger partial charge in [-0.1, -0.05) is 32.0 Å². The van der Waals surface area contributed by atoms with Crippen molar-refractivity contribution in [2.75, 3.05) is 12.0 Å². The van der Waals surface area contributed by atoms with Gasteiger partial charge in [0.2, 0.25) is 11.8 Å². The van der Waals surface area contributed by atoms with Gasteiger partial charge >= 0.3 is 5.97 Å². The Kier molecular flexibility index (Phi) is 8.73. The predicted molar refractivity (Wildman–Crippen MR) is 119 cm³/mol. The molecule has 8 nitrogen and oxygen atoms in total. The Bertz CT molecular complexity index is 883. The first kappa shape index (κ1) is 23.8. The van der Waals surface area contributed by atoms with Crippen LogP contribution in [0.4, 0.5) is 0 Å². The average molecular weight is 435 g/mol. The lowest BCUT2D eigenvalue weighted by Gasteiger charge is -2.24. The Morgan fingerprint density at radius 3 is 2.43 bits per heavy atom. The molecule has 0 bridgehead atoms. The molecular formula is C21H30N4O4S. The molecule has 0 radical (unpaired) electrons. The highest BCUT2D eigenvalue weighted by atomic mass is 32.2. The van der Waals surface area contributed by atoms with Crippen LogP contribution in [0.1, 0.15) is 25.8 Å². The molecule has 2 rings (SSSR count). The minimum Gasteiger partial charge on any atom is -0.480 e. The van der Waals surface area contributed by atoms with Gasteiger partial charge in [0.05, 0.1) is 6.04 Å². The van der Waals surface area contributed by atoms with E-state index >= 15 is 0 Å². The molecule has 1 aromatic heterocycles. The van der Waals surface area contributed by atoms with E-state index in [9.17, 15) is 19.5 Å². The summed E-state index contributed by atoms with van der Waals surface area (Å²) in [7, 11) is 0. The number of carbonyl (C=O) groups excluding carboxylic acids is 2. The van der Waals surface area contributed by atoms with Crippen LogP contribution in [-0.2, 0) is 20.8 Å². The summed E-state index contributed by atoms with van der Waals surface area (Å²) >= 11 is 1.50. The number of aromatic nitrogens is 1. The molecule has 2 amide bonds. The van der Waals surface area contributed by atoms with E-state index in [4.69, 9.17) is 5.73 Å². The third-order valence-corrected chi connectivity index (χ3v) is 5.62. The van der Waals surface area contributed by atoms with Gasteiger partial charge in [-0.3, -0.25) is 9.59 Å². The van der Waals surface area contributed by atoms with Crippen molar-refractivity contribution in [1.29, 1.82) is 0 Å². The number of carboxylic acid groups (broad SMARTS) is 1. The number of para-hydroxylation sites is 1. The molecular weight excluding hydrogens is 404 g/mol. The van der Waals surface area contributed by atoms with Crippen molar-refractivity contribution in [1.82, 2.24) is 15.6 Å². The number of thioether (sulfide) groups is 1. The van der Waals surface area contributed by atoms with Gasteiger partial charge in [-0.2, -0.15) is 11.8 Å². The summed E-state index contributed by atoms with van der Waals surface area (Å²) in [5.41, 5.74) is 7.71. The SMILES string of the molecule is CSCC[C@H](NC(=O)[C@H](Cc1c[nH]c2ccccc12)NC(=O)[C@@H](N)C(C)C)C(=O)O. The quantitative estimate of drug-likeness (QED) is 0.363. The van der Waals surface area contributed by atoms with Gasteiger partial charge in [-0.05, 0) is 36.0 Å². The molecule has 0 aliphatic heterocycles. The largest absolute Gasteiger partial charge is 0.480 e. The Morgan fingerprint density at radius 1 is 1.13 bits per heavy atom. The zero-order chi connectivity index (χ0) is 22.3. The highest BCUT2D eigenvalue weighted by Crippen LogP contribution is 2.19. The van der Waals surface area contributed by atoms with Crippen molar-refractivity contribution < 1.29 is 19.5 Å². The van der Waals surface area contributed by atoms with Crippen LogP contribution in [0.2, 0.25) is 0 Å². The molecule has 3 atom stereocenters. The number of H-pyrrole nitrogens is 1. The zero-order valence-corrected chi connectivity index (χ0v) is 18.3. The monoisotopic (exact) mass is 434 g/mol. The lowest BCUT2D eigenvalue weighted by molar-refractivity contribution is -0.142. The molecule has 9 heteroatoms. The number of aromatic amines is 1. The number of nitrogens with two attached hydrogens (primary N) is 1. The number of hydrogen-bond acceptors (Lipinski definition) is 5. The number of rotatable bonds is 11. The molecule has 164 valence electrons. The van der Waals surface area contributed by atoms with Crippen molar-refractivity contribution in [3.8, 4) is 0 Å². The minimum atomic E-state index is -1.10. The molecule has 1 aromatic carbocycles. The van der Waals surface area contributed by atoms with Crippen molar-refractivity contribution in [3.05, 3.63) is 36.0 Å². The van der Waals surface area contributed by atoms with Crippen LogP contribution < -0.4 is 16.4 Å². The average Bonchev–Trinajstić information content (AvgIpc) is 3.12. The molecule has 1 heterocycles. The van der Waals surface area contributed by atoms with Crippen LogP contribution in [0.15, 0.2) is 30.5 Å². The van der Waals surface area contributed by atoms with Crippen LogP contribution in [0.25, 0.3) is 10.9 Å². The summed E-state index contributed by atoms with van der Waals surface area (Å²) in [6, 6.07) is 4.91. The van der Waals surface area contributed by atoms with Crippen LogP contribution in [0, 0.1) is 5.92 Å². The van der Waals surface area contributed by atoms with Gasteiger partial charge in [-0.25, -0.2) is 4.79 Å². The van der Waals surface area contributed by atoms with E-state index in [1.165, 1.54) is 11.8 Å². The van der Waals surface area contributed by atoms with Gasteiger partial charge in [0.25, 0.3) is 0 Å². The second kappa shape index (κ2) is 11.0. The number of amides is 2. The number of benzene rings is 1. The van der Waals surface area contributed by atoms with Crippen molar-refractivity contribution in [2.45, 2.75) is 44.8 Å². The fourth-order valence-electron chi connectivity index (χ4n) is 3.07. The van der Waals surface area contributed by atoms with Crippen LogP contribution in [-0.4, -0.2) is 58.0 Å². The molecule has 2 aromatic rings. The first-order valence-corrected chi connectivity index (χ1v) is 11.3. The molecule has 0 saturated heterocycles. The number of fused-ring (bicyclic) bond motifs is 1. The summed E-state index contributed by atoms with van der Waals surface area (Å²) in [5, 5.41) is 15.7. The summed E-state index contributed by atoms with van der Waals surface area (Å²) < 4.78 is 0. The second-order valence-electron chi connectivity index (χ2n) is 7.58. The first-order valence-electron chi connectivity index (χ1n) is 9.87. The van der Waals surface area contributed by atoms with Gasteiger partial charge in [-0.15, -0.1) is 0 Å². The normalized spacial score (nSPS) is 14.3. The van der Waals surface area contributed by atoms with Gasteiger partial charge in [0, 0.05) is 23.5 Å². The molecule has 6 N–H and O–H groups in total. The predicted octanol–water partition coefficient (Wildman–Crippen LogP) is 1.50. The number of hydrogen-bond donors (Lipinski definition) is 5. The van der Waals surface area contributed by atoms with E-state index in [0.717, 1.165) is 16.5 Å². The van der Waals surface area contributed by atoms with E-state index in [1.54, 1.807) is 6.20 Å². The lowest BCUT2D eigenvalue weighted by Crippen LogP contribution is -2.56. The van der Waals surface area contributed by atoms with Gasteiger partial charge in [0.1, 0.15) is 12.1 Å². The summed E-state index contributed by atoms with van der Waals surface area (Å²) in [5.74, 6) is -1.60. The number of aliphatic carboxylic acids is 1. The van der Waals surface area contributed by atoms with E-state index < -0.39 is 35.9 Å². The zero-order valence-electron chi connectivity index (χ0n) is 17.5. The Morgan fingerprint density at radius 2 is 1.80 bits per heavy atom. The Hall–Kier alpha value is -2.52. The van der Waals surface area contributed by atoms with Crippen molar-refractivity contribution in [3.63, 3.8) is 0 Å². The number of carboxylic acids is 1. The third-order valence-electron chi connectivity index (χ3n) is 4.98. The van der Waals surface area contributed by atoms with Crippen LogP contribution >= 0.6 is 11.8 Å². The standard InChI is InChI=1S/C21H30N4O4S/c1-12(2)18(22)20(27)25-17(19(26)24-16(21(28)29)8-9-30-3)10-13-11-23-15-7-5-4-6-14(13)15/h4-7,11-12,16-18,23H,8-10,22H2,1-3H3,(H,24,26)(H,25,27)(H,28,29)/t16-,17-,18-/m0/s1. The third kappa shape index (κ3) is 6.24. The fourth-order valence-corrected chi connectivity index (χ4v) is 3.54. The van der Waals surface area contributed by atoms with Crippen molar-refractivity contribution >= 4 is 40.4 Å². The number of nitrogens with one attached hydrogen (secondary N) is 3. The van der Waals surface area contributed by atoms with E-state index in [0.29, 0.717) is 12.2 Å². The molecule has 0 saturated carbocycles. The van der Waals surface area contributed by atoms with E-state index in [-0.39, 0.29) is 12.3 Å². The van der Waals surface area contributed by atoms with E-state index in [2.05, 4.69) is 15.6 Å². The van der Waals surface area contributed by atoms with E-state index in [1.807, 2.05) is 44.4 Å². The first-order chi connectivity index (χ1) is 14.2. The molecule has 30 heavy (non-hydrogen) atoms. The summed E-state index contributed by atoms with van der Waals surface area (Å²) in [6.07, 6.45) is 4.17. The van der Waals surface area contributed by atoms with Crippen LogP contribution in [0.5, 0.6) is 0 Å². The Balaban J connectivity index is 2.24. The number of carbonyl (C=O) groups is 3. The van der Waals surface area contributed by atoms with Crippen LogP contribution in [0.3, 0.4) is 0 Å². The smallest absolute Gasteiger partial charge is 0.326 e. The van der Waals surface area contributed by atoms with Gasteiger partial charge in [0.15, 0.2) is 0 Å².